The zero-order chi connectivity index (χ0) is 15.7. The van der Waals surface area contributed by atoms with Crippen molar-refractivity contribution in [1.29, 1.82) is 0 Å². The fraction of sp³-hybridized carbons (Fsp3) is 0.143. The first-order valence-electron chi connectivity index (χ1n) is 6.33. The maximum Gasteiger partial charge on any atom is 0.263 e. The minimum atomic E-state index is -3.93. The van der Waals surface area contributed by atoms with Gasteiger partial charge in [0.15, 0.2) is 11.5 Å². The van der Waals surface area contributed by atoms with Gasteiger partial charge in [-0.3, -0.25) is 4.72 Å². The molecule has 5 nitrogen and oxygen atoms in total. The van der Waals surface area contributed by atoms with Gasteiger partial charge in [-0.05, 0) is 30.3 Å². The molecule has 0 saturated carbocycles. The molecule has 3 rings (SSSR count). The lowest BCUT2D eigenvalue weighted by Gasteiger charge is -2.19. The highest BCUT2D eigenvalue weighted by molar-refractivity contribution is 7.92. The van der Waals surface area contributed by atoms with Crippen molar-refractivity contribution in [2.75, 3.05) is 17.9 Å². The molecule has 2 aromatic carbocycles. The van der Waals surface area contributed by atoms with Gasteiger partial charge in [0.1, 0.15) is 23.9 Å². The third-order valence-electron chi connectivity index (χ3n) is 2.98. The average Bonchev–Trinajstić information content (AvgIpc) is 2.46. The minimum Gasteiger partial charge on any atom is -0.486 e. The Bertz CT molecular complexity index is 826. The van der Waals surface area contributed by atoms with Gasteiger partial charge in [0.05, 0.1) is 10.7 Å². The average molecular weight is 344 g/mol. The summed E-state index contributed by atoms with van der Waals surface area (Å²) in [5.74, 6) is 0.397. The first-order valence-corrected chi connectivity index (χ1v) is 8.19. The van der Waals surface area contributed by atoms with E-state index in [0.29, 0.717) is 30.4 Å². The summed E-state index contributed by atoms with van der Waals surface area (Å²) in [6.45, 7) is 0.844. The van der Waals surface area contributed by atoms with Crippen LogP contribution in [-0.2, 0) is 10.0 Å². The lowest BCUT2D eigenvalue weighted by Crippen LogP contribution is -2.17. The van der Waals surface area contributed by atoms with Crippen LogP contribution < -0.4 is 14.2 Å². The number of nitrogens with one attached hydrogen (secondary N) is 1. The third-order valence-corrected chi connectivity index (χ3v) is 4.84. The van der Waals surface area contributed by atoms with Crippen LogP contribution in [0.15, 0.2) is 41.3 Å². The molecule has 0 bridgehead atoms. The summed E-state index contributed by atoms with van der Waals surface area (Å²) in [7, 11) is -3.93. The number of anilines is 1. The molecule has 0 amide bonds. The quantitative estimate of drug-likeness (QED) is 0.930. The molecule has 0 spiro atoms. The second kappa shape index (κ2) is 5.66. The number of ether oxygens (including phenoxy) is 2. The second-order valence-corrected chi connectivity index (χ2v) is 6.60. The fourth-order valence-corrected chi connectivity index (χ4v) is 3.59. The van der Waals surface area contributed by atoms with E-state index < -0.39 is 15.8 Å². The number of hydrogen-bond acceptors (Lipinski definition) is 4. The van der Waals surface area contributed by atoms with Crippen molar-refractivity contribution < 1.29 is 22.3 Å². The van der Waals surface area contributed by atoms with Crippen LogP contribution in [0.3, 0.4) is 0 Å². The molecule has 0 aromatic heterocycles. The first kappa shape index (κ1) is 14.9. The standard InChI is InChI=1S/C14H11ClFNO4S/c15-11-7-9(16)1-4-14(11)22(18,19)17-10-2-3-12-13(8-10)21-6-5-20-12/h1-4,7-8,17H,5-6H2. The normalized spacial score (nSPS) is 13.7. The molecule has 1 aliphatic rings. The zero-order valence-corrected chi connectivity index (χ0v) is 12.7. The van der Waals surface area contributed by atoms with Crippen molar-refractivity contribution in [3.8, 4) is 11.5 Å². The van der Waals surface area contributed by atoms with Crippen LogP contribution >= 0.6 is 11.6 Å². The number of hydrogen-bond donors (Lipinski definition) is 1. The summed E-state index contributed by atoms with van der Waals surface area (Å²) in [5, 5.41) is -0.190. The number of rotatable bonds is 3. The van der Waals surface area contributed by atoms with Crippen molar-refractivity contribution in [1.82, 2.24) is 0 Å². The van der Waals surface area contributed by atoms with Crippen LogP contribution in [0.25, 0.3) is 0 Å². The van der Waals surface area contributed by atoms with E-state index >= 15 is 0 Å². The van der Waals surface area contributed by atoms with Gasteiger partial charge in [-0.25, -0.2) is 12.8 Å². The third kappa shape index (κ3) is 2.95. The van der Waals surface area contributed by atoms with Crippen molar-refractivity contribution in [3.63, 3.8) is 0 Å². The maximum absolute atomic E-state index is 13.0. The van der Waals surface area contributed by atoms with E-state index in [-0.39, 0.29) is 9.92 Å². The highest BCUT2D eigenvalue weighted by Gasteiger charge is 2.20. The van der Waals surface area contributed by atoms with Crippen molar-refractivity contribution in [2.45, 2.75) is 4.90 Å². The lowest BCUT2D eigenvalue weighted by molar-refractivity contribution is 0.171. The van der Waals surface area contributed by atoms with Crippen LogP contribution in [-0.4, -0.2) is 21.6 Å². The fourth-order valence-electron chi connectivity index (χ4n) is 2.01. The Hall–Kier alpha value is -1.99. The molecule has 0 aliphatic carbocycles. The number of sulfonamides is 1. The Morgan fingerprint density at radius 1 is 1.05 bits per heavy atom. The number of halogens is 2. The second-order valence-electron chi connectivity index (χ2n) is 4.54. The molecular formula is C14H11ClFNO4S. The lowest BCUT2D eigenvalue weighted by atomic mass is 10.3. The Morgan fingerprint density at radius 2 is 1.77 bits per heavy atom. The predicted octanol–water partition coefficient (Wildman–Crippen LogP) is 3.05. The Labute approximate surface area is 131 Å². The molecule has 0 saturated heterocycles. The van der Waals surface area contributed by atoms with E-state index in [9.17, 15) is 12.8 Å². The van der Waals surface area contributed by atoms with Gasteiger partial charge in [-0.2, -0.15) is 0 Å². The van der Waals surface area contributed by atoms with E-state index in [0.717, 1.165) is 18.2 Å². The topological polar surface area (TPSA) is 64.6 Å². The van der Waals surface area contributed by atoms with Gasteiger partial charge in [-0.15, -0.1) is 0 Å². The summed E-state index contributed by atoms with van der Waals surface area (Å²) >= 11 is 5.79. The SMILES string of the molecule is O=S(=O)(Nc1ccc2c(c1)OCCO2)c1ccc(F)cc1Cl. The molecule has 8 heteroatoms. The summed E-state index contributed by atoms with van der Waals surface area (Å²) < 4.78 is 50.8. The molecule has 0 radical (unpaired) electrons. The van der Waals surface area contributed by atoms with Gasteiger partial charge in [-0.1, -0.05) is 11.6 Å². The van der Waals surface area contributed by atoms with Gasteiger partial charge >= 0.3 is 0 Å². The molecule has 1 aliphatic heterocycles. The summed E-state index contributed by atoms with van der Waals surface area (Å²) in [5.41, 5.74) is 0.296. The monoisotopic (exact) mass is 343 g/mol. The maximum atomic E-state index is 13.0. The first-order chi connectivity index (χ1) is 10.5. The number of benzene rings is 2. The largest absolute Gasteiger partial charge is 0.486 e. The molecule has 22 heavy (non-hydrogen) atoms. The molecule has 1 heterocycles. The molecule has 0 fully saturated rings. The van der Waals surface area contributed by atoms with Crippen LogP contribution in [0.4, 0.5) is 10.1 Å². The van der Waals surface area contributed by atoms with Crippen LogP contribution in [0.1, 0.15) is 0 Å². The summed E-state index contributed by atoms with van der Waals surface area (Å²) in [4.78, 5) is -0.203. The molecule has 0 unspecified atom stereocenters. The summed E-state index contributed by atoms with van der Waals surface area (Å²) in [6.07, 6.45) is 0. The van der Waals surface area contributed by atoms with E-state index in [1.165, 1.54) is 6.07 Å². The molecular weight excluding hydrogens is 333 g/mol. The molecule has 116 valence electrons. The smallest absolute Gasteiger partial charge is 0.263 e. The van der Waals surface area contributed by atoms with Gasteiger partial charge in [0, 0.05) is 6.07 Å². The van der Waals surface area contributed by atoms with Crippen molar-refractivity contribution in [3.05, 3.63) is 47.2 Å². The van der Waals surface area contributed by atoms with Crippen molar-refractivity contribution in [2.24, 2.45) is 0 Å². The Balaban J connectivity index is 1.91. The van der Waals surface area contributed by atoms with Crippen molar-refractivity contribution >= 4 is 27.3 Å². The minimum absolute atomic E-state index is 0.190. The molecule has 0 atom stereocenters. The van der Waals surface area contributed by atoms with Crippen LogP contribution in [0, 0.1) is 5.82 Å². The highest BCUT2D eigenvalue weighted by atomic mass is 35.5. The van der Waals surface area contributed by atoms with E-state index in [2.05, 4.69) is 4.72 Å². The molecule has 1 N–H and O–H groups in total. The van der Waals surface area contributed by atoms with Crippen LogP contribution in [0.5, 0.6) is 11.5 Å². The van der Waals surface area contributed by atoms with Gasteiger partial charge in [0.25, 0.3) is 10.0 Å². The van der Waals surface area contributed by atoms with Gasteiger partial charge in [0.2, 0.25) is 0 Å². The Morgan fingerprint density at radius 3 is 2.50 bits per heavy atom. The van der Waals surface area contributed by atoms with E-state index in [1.54, 1.807) is 12.1 Å². The molecule has 2 aromatic rings. The van der Waals surface area contributed by atoms with E-state index in [1.807, 2.05) is 0 Å². The Kier molecular flexibility index (Phi) is 3.84. The zero-order valence-electron chi connectivity index (χ0n) is 11.2. The number of fused-ring (bicyclic) bond motifs is 1. The van der Waals surface area contributed by atoms with Gasteiger partial charge < -0.3 is 9.47 Å². The van der Waals surface area contributed by atoms with Crippen LogP contribution in [0.2, 0.25) is 5.02 Å². The highest BCUT2D eigenvalue weighted by Crippen LogP contribution is 2.33. The predicted molar refractivity (Wildman–Crippen MR) is 79.7 cm³/mol. The summed E-state index contributed by atoms with van der Waals surface area (Å²) in [6, 6.07) is 7.76. The van der Waals surface area contributed by atoms with E-state index in [4.69, 9.17) is 21.1 Å².